The minimum absolute atomic E-state index is 0.103. The minimum Gasteiger partial charge on any atom is -0.497 e. The van der Waals surface area contributed by atoms with E-state index < -0.39 is 11.9 Å². The monoisotopic (exact) mass is 431 g/mol. The summed E-state index contributed by atoms with van der Waals surface area (Å²) in [6.07, 6.45) is 0. The summed E-state index contributed by atoms with van der Waals surface area (Å²) >= 11 is 3.39. The van der Waals surface area contributed by atoms with Crippen molar-refractivity contribution < 1.29 is 23.5 Å². The molecular formula is C20H18BrNO5. The van der Waals surface area contributed by atoms with E-state index in [4.69, 9.17) is 13.9 Å². The lowest BCUT2D eigenvalue weighted by Gasteiger charge is -2.07. The van der Waals surface area contributed by atoms with Crippen LogP contribution in [0, 0.1) is 6.92 Å². The minimum atomic E-state index is -0.667. The average molecular weight is 432 g/mol. The number of benzene rings is 2. The molecule has 27 heavy (non-hydrogen) atoms. The number of esters is 1. The van der Waals surface area contributed by atoms with E-state index in [-0.39, 0.29) is 12.4 Å². The Hall–Kier alpha value is -2.80. The Bertz CT molecular complexity index is 978. The Kier molecular flexibility index (Phi) is 5.81. The van der Waals surface area contributed by atoms with Crippen LogP contribution in [0.2, 0.25) is 0 Å². The molecule has 0 aliphatic carbocycles. The Morgan fingerprint density at radius 2 is 1.89 bits per heavy atom. The van der Waals surface area contributed by atoms with E-state index in [9.17, 15) is 9.59 Å². The van der Waals surface area contributed by atoms with E-state index in [2.05, 4.69) is 21.2 Å². The van der Waals surface area contributed by atoms with Gasteiger partial charge in [0.05, 0.1) is 7.11 Å². The molecule has 0 fully saturated rings. The molecule has 140 valence electrons. The van der Waals surface area contributed by atoms with Crippen LogP contribution in [0.4, 0.5) is 0 Å². The van der Waals surface area contributed by atoms with Crippen molar-refractivity contribution in [3.63, 3.8) is 0 Å². The van der Waals surface area contributed by atoms with Gasteiger partial charge in [0.25, 0.3) is 5.91 Å². The molecule has 3 aromatic rings. The number of aryl methyl sites for hydroxylation is 1. The van der Waals surface area contributed by atoms with Crippen LogP contribution in [0.5, 0.6) is 5.75 Å². The molecule has 6 nitrogen and oxygen atoms in total. The molecule has 0 atom stereocenters. The summed E-state index contributed by atoms with van der Waals surface area (Å²) in [6, 6.07) is 12.8. The summed E-state index contributed by atoms with van der Waals surface area (Å²) in [5.41, 5.74) is 2.18. The average Bonchev–Trinajstić information content (AvgIpc) is 3.01. The van der Waals surface area contributed by atoms with Crippen molar-refractivity contribution >= 4 is 38.8 Å². The highest BCUT2D eigenvalue weighted by Gasteiger charge is 2.20. The summed E-state index contributed by atoms with van der Waals surface area (Å²) in [5, 5.41) is 3.52. The first-order valence-electron chi connectivity index (χ1n) is 8.23. The number of methoxy groups -OCH3 is 1. The van der Waals surface area contributed by atoms with E-state index in [1.807, 2.05) is 36.4 Å². The summed E-state index contributed by atoms with van der Waals surface area (Å²) in [5.74, 6) is -0.214. The molecule has 0 radical (unpaired) electrons. The number of hydrogen-bond donors (Lipinski definition) is 1. The van der Waals surface area contributed by atoms with Crippen molar-refractivity contribution in [3.8, 4) is 5.75 Å². The first-order chi connectivity index (χ1) is 13.0. The maximum Gasteiger partial charge on any atom is 0.375 e. The molecular weight excluding hydrogens is 414 g/mol. The van der Waals surface area contributed by atoms with E-state index >= 15 is 0 Å². The van der Waals surface area contributed by atoms with Crippen LogP contribution in [0.1, 0.15) is 21.7 Å². The van der Waals surface area contributed by atoms with Crippen LogP contribution in [0.15, 0.2) is 51.4 Å². The number of furan rings is 1. The predicted octanol–water partition coefficient (Wildman–Crippen LogP) is 3.99. The van der Waals surface area contributed by atoms with Crippen molar-refractivity contribution in [2.45, 2.75) is 13.5 Å². The summed E-state index contributed by atoms with van der Waals surface area (Å²) < 4.78 is 16.6. The third-order valence-corrected chi connectivity index (χ3v) is 4.56. The molecule has 0 bridgehead atoms. The Balaban J connectivity index is 1.55. The molecule has 1 heterocycles. The Morgan fingerprint density at radius 1 is 1.15 bits per heavy atom. The summed E-state index contributed by atoms with van der Waals surface area (Å²) in [6.45, 7) is 1.73. The van der Waals surface area contributed by atoms with Crippen molar-refractivity contribution in [3.05, 3.63) is 63.8 Å². The van der Waals surface area contributed by atoms with Gasteiger partial charge >= 0.3 is 5.97 Å². The first-order valence-corrected chi connectivity index (χ1v) is 9.02. The lowest BCUT2D eigenvalue weighted by Crippen LogP contribution is -2.28. The third-order valence-electron chi connectivity index (χ3n) is 4.07. The molecule has 3 rings (SSSR count). The second-order valence-electron chi connectivity index (χ2n) is 5.90. The number of carbonyl (C=O) groups excluding carboxylic acids is 2. The lowest BCUT2D eigenvalue weighted by atomic mass is 10.1. The molecule has 0 saturated carbocycles. The van der Waals surface area contributed by atoms with Crippen LogP contribution in [-0.4, -0.2) is 25.6 Å². The standard InChI is InChI=1S/C20H18BrNO5/c1-12-16-9-14(21)5-8-17(16)27-19(12)20(24)26-11-18(23)22-10-13-3-6-15(25-2)7-4-13/h3-9H,10-11H2,1-2H3,(H,22,23). The van der Waals surface area contributed by atoms with Crippen LogP contribution in [-0.2, 0) is 16.1 Å². The number of carbonyl (C=O) groups is 2. The van der Waals surface area contributed by atoms with Crippen LogP contribution in [0.25, 0.3) is 11.0 Å². The van der Waals surface area contributed by atoms with Gasteiger partial charge in [0, 0.05) is 22.0 Å². The lowest BCUT2D eigenvalue weighted by molar-refractivity contribution is -0.124. The Labute approximate surface area is 164 Å². The number of rotatable bonds is 6. The highest BCUT2D eigenvalue weighted by atomic mass is 79.9. The van der Waals surface area contributed by atoms with Gasteiger partial charge in [-0.3, -0.25) is 4.79 Å². The number of ether oxygens (including phenoxy) is 2. The molecule has 0 aliphatic heterocycles. The van der Waals surface area contributed by atoms with E-state index in [1.54, 1.807) is 20.1 Å². The van der Waals surface area contributed by atoms with Gasteiger partial charge < -0.3 is 19.2 Å². The van der Waals surface area contributed by atoms with Crippen LogP contribution < -0.4 is 10.1 Å². The fourth-order valence-electron chi connectivity index (χ4n) is 2.58. The normalized spacial score (nSPS) is 10.6. The SMILES string of the molecule is COc1ccc(CNC(=O)COC(=O)c2oc3ccc(Br)cc3c2C)cc1. The van der Waals surface area contributed by atoms with Crippen molar-refractivity contribution in [1.29, 1.82) is 0 Å². The van der Waals surface area contributed by atoms with Crippen LogP contribution >= 0.6 is 15.9 Å². The molecule has 2 aromatic carbocycles. The third kappa shape index (κ3) is 4.49. The molecule has 0 spiro atoms. The van der Waals surface area contributed by atoms with Crippen LogP contribution in [0.3, 0.4) is 0 Å². The van der Waals surface area contributed by atoms with E-state index in [0.29, 0.717) is 17.7 Å². The fraction of sp³-hybridized carbons (Fsp3) is 0.200. The van der Waals surface area contributed by atoms with Gasteiger partial charge in [-0.15, -0.1) is 0 Å². The fourth-order valence-corrected chi connectivity index (χ4v) is 2.94. The summed E-state index contributed by atoms with van der Waals surface area (Å²) in [7, 11) is 1.59. The highest BCUT2D eigenvalue weighted by molar-refractivity contribution is 9.10. The number of nitrogens with one attached hydrogen (secondary N) is 1. The van der Waals surface area contributed by atoms with Crippen molar-refractivity contribution in [2.24, 2.45) is 0 Å². The number of halogens is 1. The topological polar surface area (TPSA) is 77.8 Å². The zero-order chi connectivity index (χ0) is 19.4. The van der Waals surface area contributed by atoms with Crippen molar-refractivity contribution in [1.82, 2.24) is 5.32 Å². The molecule has 1 N–H and O–H groups in total. The van der Waals surface area contributed by atoms with E-state index in [0.717, 1.165) is 21.2 Å². The van der Waals surface area contributed by atoms with Crippen molar-refractivity contribution in [2.75, 3.05) is 13.7 Å². The number of fused-ring (bicyclic) bond motifs is 1. The van der Waals surface area contributed by atoms with Gasteiger partial charge in [-0.2, -0.15) is 0 Å². The van der Waals surface area contributed by atoms with E-state index in [1.165, 1.54) is 0 Å². The second kappa shape index (κ2) is 8.26. The molecule has 0 saturated heterocycles. The van der Waals surface area contributed by atoms with Gasteiger partial charge in [-0.25, -0.2) is 4.79 Å². The Morgan fingerprint density at radius 3 is 2.59 bits per heavy atom. The zero-order valence-corrected chi connectivity index (χ0v) is 16.5. The van der Waals surface area contributed by atoms with Gasteiger partial charge in [-0.05, 0) is 42.8 Å². The molecule has 1 amide bonds. The molecule has 0 aliphatic rings. The highest BCUT2D eigenvalue weighted by Crippen LogP contribution is 2.28. The molecule has 1 aromatic heterocycles. The predicted molar refractivity (Wildman–Crippen MR) is 104 cm³/mol. The smallest absolute Gasteiger partial charge is 0.375 e. The van der Waals surface area contributed by atoms with Gasteiger partial charge in [0.15, 0.2) is 6.61 Å². The zero-order valence-electron chi connectivity index (χ0n) is 14.9. The van der Waals surface area contributed by atoms with Gasteiger partial charge in [0.2, 0.25) is 5.76 Å². The number of hydrogen-bond acceptors (Lipinski definition) is 5. The van der Waals surface area contributed by atoms with Gasteiger partial charge in [0.1, 0.15) is 11.3 Å². The quantitative estimate of drug-likeness (QED) is 0.597. The first kappa shape index (κ1) is 19.0. The maximum atomic E-state index is 12.2. The largest absolute Gasteiger partial charge is 0.497 e. The molecule has 0 unspecified atom stereocenters. The molecule has 7 heteroatoms. The summed E-state index contributed by atoms with van der Waals surface area (Å²) in [4.78, 5) is 24.2. The second-order valence-corrected chi connectivity index (χ2v) is 6.81. The maximum absolute atomic E-state index is 12.2. The number of amides is 1. The van der Waals surface area contributed by atoms with Gasteiger partial charge in [-0.1, -0.05) is 28.1 Å².